The van der Waals surface area contributed by atoms with Crippen LogP contribution in [0.1, 0.15) is 57.2 Å². The number of fused-ring (bicyclic) bond motifs is 2. The second kappa shape index (κ2) is 7.54. The number of ketones is 1. The van der Waals surface area contributed by atoms with E-state index in [1.54, 1.807) is 12.1 Å². The van der Waals surface area contributed by atoms with Crippen LogP contribution in [0.3, 0.4) is 0 Å². The highest BCUT2D eigenvalue weighted by molar-refractivity contribution is 7.90. The predicted octanol–water partition coefficient (Wildman–Crippen LogP) is 4.39. The van der Waals surface area contributed by atoms with Crippen LogP contribution >= 0.6 is 11.3 Å². The summed E-state index contributed by atoms with van der Waals surface area (Å²) in [5.41, 5.74) is 0.355. The first kappa shape index (κ1) is 22.7. The molecule has 0 unspecified atom stereocenters. The SMILES string of the molecule is CC(C)(C)CC[C@]1(C)C(=O)C(C2=NS(=O)(=O)c3c(CO)csc3N2)=C(O)c2ccccc21. The molecule has 1 aromatic heterocycles. The second-order valence-corrected chi connectivity index (χ2v) is 12.0. The molecule has 170 valence electrons. The van der Waals surface area contributed by atoms with Crippen molar-refractivity contribution in [3.63, 3.8) is 0 Å². The molecule has 2 aliphatic rings. The molecule has 0 amide bonds. The number of anilines is 1. The van der Waals surface area contributed by atoms with Crippen LogP contribution in [0, 0.1) is 5.41 Å². The van der Waals surface area contributed by atoms with Gasteiger partial charge in [-0.1, -0.05) is 45.0 Å². The third kappa shape index (κ3) is 3.58. The van der Waals surface area contributed by atoms with E-state index in [0.717, 1.165) is 17.8 Å². The van der Waals surface area contributed by atoms with Gasteiger partial charge in [-0.15, -0.1) is 15.7 Å². The van der Waals surface area contributed by atoms with Crippen LogP contribution in [0.4, 0.5) is 5.00 Å². The highest BCUT2D eigenvalue weighted by Gasteiger charge is 2.47. The molecule has 7 nitrogen and oxygen atoms in total. The minimum Gasteiger partial charge on any atom is -0.506 e. The molecule has 1 aliphatic carbocycles. The number of nitrogens with zero attached hydrogens (tertiary/aromatic N) is 1. The van der Waals surface area contributed by atoms with Crippen molar-refractivity contribution in [1.29, 1.82) is 0 Å². The van der Waals surface area contributed by atoms with Gasteiger partial charge < -0.3 is 15.5 Å². The molecule has 1 atom stereocenters. The fraction of sp³-hybridized carbons (Fsp3) is 0.391. The lowest BCUT2D eigenvalue weighted by molar-refractivity contribution is -0.120. The third-order valence-electron chi connectivity index (χ3n) is 6.04. The van der Waals surface area contributed by atoms with Crippen LogP contribution < -0.4 is 5.32 Å². The summed E-state index contributed by atoms with van der Waals surface area (Å²) in [4.78, 5) is 13.8. The van der Waals surface area contributed by atoms with E-state index in [1.807, 2.05) is 19.1 Å². The van der Waals surface area contributed by atoms with E-state index in [-0.39, 0.29) is 43.8 Å². The number of Topliss-reactive ketones (excluding diaryl/α,β-unsaturated/α-hetero) is 1. The zero-order chi connectivity index (χ0) is 23.5. The summed E-state index contributed by atoms with van der Waals surface area (Å²) in [6, 6.07) is 7.16. The first-order valence-corrected chi connectivity index (χ1v) is 12.6. The van der Waals surface area contributed by atoms with E-state index in [1.165, 1.54) is 5.38 Å². The lowest BCUT2D eigenvalue weighted by atomic mass is 9.65. The van der Waals surface area contributed by atoms with Gasteiger partial charge in [0.15, 0.2) is 11.6 Å². The molecule has 0 radical (unpaired) electrons. The van der Waals surface area contributed by atoms with Crippen LogP contribution in [0.2, 0.25) is 0 Å². The van der Waals surface area contributed by atoms with Gasteiger partial charge in [-0.2, -0.15) is 8.42 Å². The predicted molar refractivity (Wildman–Crippen MR) is 126 cm³/mol. The van der Waals surface area contributed by atoms with Crippen molar-refractivity contribution in [3.8, 4) is 0 Å². The topological polar surface area (TPSA) is 116 Å². The molecule has 0 saturated carbocycles. The first-order chi connectivity index (χ1) is 14.9. The van der Waals surface area contributed by atoms with E-state index in [4.69, 9.17) is 0 Å². The summed E-state index contributed by atoms with van der Waals surface area (Å²) >= 11 is 1.10. The maximum atomic E-state index is 13.9. The van der Waals surface area contributed by atoms with Crippen molar-refractivity contribution in [3.05, 3.63) is 51.9 Å². The van der Waals surface area contributed by atoms with Gasteiger partial charge in [0, 0.05) is 11.1 Å². The Morgan fingerprint density at radius 2 is 1.91 bits per heavy atom. The number of amidine groups is 1. The van der Waals surface area contributed by atoms with Gasteiger partial charge in [0.25, 0.3) is 10.0 Å². The number of rotatable bonds is 4. The van der Waals surface area contributed by atoms with Gasteiger partial charge in [-0.3, -0.25) is 4.79 Å². The highest BCUT2D eigenvalue weighted by atomic mass is 32.2. The minimum absolute atomic E-state index is 0.0158. The molecule has 0 saturated heterocycles. The molecule has 0 bridgehead atoms. The molecule has 0 spiro atoms. The number of thiophene rings is 1. The Kier molecular flexibility index (Phi) is 5.34. The Morgan fingerprint density at radius 3 is 2.56 bits per heavy atom. The molecule has 1 aliphatic heterocycles. The average molecular weight is 475 g/mol. The number of hydrogen-bond acceptors (Lipinski definition) is 7. The summed E-state index contributed by atoms with van der Waals surface area (Å²) in [7, 11) is -4.16. The smallest absolute Gasteiger partial charge is 0.287 e. The van der Waals surface area contributed by atoms with E-state index < -0.39 is 22.0 Å². The monoisotopic (exact) mass is 474 g/mol. The second-order valence-electron chi connectivity index (χ2n) is 9.61. The first-order valence-electron chi connectivity index (χ1n) is 10.3. The van der Waals surface area contributed by atoms with Gasteiger partial charge in [0.1, 0.15) is 21.2 Å². The van der Waals surface area contributed by atoms with Crippen molar-refractivity contribution in [2.75, 3.05) is 5.32 Å². The van der Waals surface area contributed by atoms with Gasteiger partial charge in [-0.25, -0.2) is 0 Å². The van der Waals surface area contributed by atoms with E-state index >= 15 is 0 Å². The Morgan fingerprint density at radius 1 is 1.22 bits per heavy atom. The summed E-state index contributed by atoms with van der Waals surface area (Å²) in [6.07, 6.45) is 1.28. The number of carbonyl (C=O) groups is 1. The Hall–Kier alpha value is -2.49. The summed E-state index contributed by atoms with van der Waals surface area (Å²) < 4.78 is 29.6. The van der Waals surface area contributed by atoms with E-state index in [9.17, 15) is 23.4 Å². The highest BCUT2D eigenvalue weighted by Crippen LogP contribution is 2.46. The minimum atomic E-state index is -4.16. The molecule has 3 N–H and O–H groups in total. The summed E-state index contributed by atoms with van der Waals surface area (Å²) in [6.45, 7) is 7.69. The van der Waals surface area contributed by atoms with Crippen LogP contribution in [0.5, 0.6) is 0 Å². The molecule has 1 aromatic carbocycles. The fourth-order valence-corrected chi connectivity index (χ4v) is 6.76. The molecular weight excluding hydrogens is 448 g/mol. The van der Waals surface area contributed by atoms with Gasteiger partial charge >= 0.3 is 0 Å². The van der Waals surface area contributed by atoms with Gasteiger partial charge in [0.05, 0.1) is 12.0 Å². The molecule has 0 fully saturated rings. The average Bonchev–Trinajstić information content (AvgIpc) is 3.14. The number of benzene rings is 1. The summed E-state index contributed by atoms with van der Waals surface area (Å²) in [5.74, 6) is -0.854. The maximum absolute atomic E-state index is 13.9. The standard InChI is InChI=1S/C23H26N2O5S2/c1-22(2,3)9-10-23(4)15-8-6-5-7-14(15)17(27)16(19(23)28)20-24-21-18(32(29,30)25-20)13(11-26)12-31-21/h5-8,12,26-27H,9-11H2,1-4H3,(H,24,25)/t23-/m0/s1. The quantitative estimate of drug-likeness (QED) is 0.605. The number of aliphatic hydroxyl groups is 2. The van der Waals surface area contributed by atoms with Gasteiger partial charge in [0.2, 0.25) is 0 Å². The normalized spacial score (nSPS) is 22.2. The Labute approximate surface area is 191 Å². The molecule has 2 aromatic rings. The number of aliphatic hydroxyl groups excluding tert-OH is 2. The Balaban J connectivity index is 1.88. The fourth-order valence-electron chi connectivity index (χ4n) is 4.17. The number of hydrogen-bond donors (Lipinski definition) is 3. The van der Waals surface area contributed by atoms with Crippen molar-refractivity contribution in [2.24, 2.45) is 9.81 Å². The lowest BCUT2D eigenvalue weighted by Crippen LogP contribution is -2.42. The Bertz CT molecular complexity index is 1280. The van der Waals surface area contributed by atoms with Crippen LogP contribution in [-0.2, 0) is 26.8 Å². The molecule has 32 heavy (non-hydrogen) atoms. The van der Waals surface area contributed by atoms with Crippen molar-refractivity contribution in [1.82, 2.24) is 0 Å². The van der Waals surface area contributed by atoms with Crippen molar-refractivity contribution >= 4 is 43.7 Å². The lowest BCUT2D eigenvalue weighted by Gasteiger charge is -2.37. The van der Waals surface area contributed by atoms with Crippen molar-refractivity contribution in [2.45, 2.75) is 57.5 Å². The van der Waals surface area contributed by atoms with Gasteiger partial charge in [-0.05, 0) is 36.1 Å². The zero-order valence-electron chi connectivity index (χ0n) is 18.4. The molecule has 2 heterocycles. The third-order valence-corrected chi connectivity index (χ3v) is 8.52. The molecule has 4 rings (SSSR count). The van der Waals surface area contributed by atoms with Crippen LogP contribution in [-0.4, -0.2) is 30.2 Å². The van der Waals surface area contributed by atoms with E-state index in [2.05, 4.69) is 30.5 Å². The summed E-state index contributed by atoms with van der Waals surface area (Å²) in [5, 5.41) is 25.3. The number of nitrogens with one attached hydrogen (secondary N) is 1. The van der Waals surface area contributed by atoms with Crippen LogP contribution in [0.15, 0.2) is 44.5 Å². The van der Waals surface area contributed by atoms with E-state index in [0.29, 0.717) is 17.5 Å². The molecular formula is C23H26N2O5S2. The maximum Gasteiger partial charge on any atom is 0.287 e. The number of sulfonamides is 1. The van der Waals surface area contributed by atoms with Crippen LogP contribution in [0.25, 0.3) is 5.76 Å². The zero-order valence-corrected chi connectivity index (χ0v) is 20.0. The number of carbonyl (C=O) groups excluding carboxylic acids is 1. The van der Waals surface area contributed by atoms with Crippen molar-refractivity contribution < 1.29 is 23.4 Å². The largest absolute Gasteiger partial charge is 0.506 e. The molecule has 9 heteroatoms.